The highest BCUT2D eigenvalue weighted by molar-refractivity contribution is 9.10. The summed E-state index contributed by atoms with van der Waals surface area (Å²) in [5.74, 6) is -0.185. The van der Waals surface area contributed by atoms with Gasteiger partial charge in [0.05, 0.1) is 15.7 Å². The van der Waals surface area contributed by atoms with E-state index in [1.807, 2.05) is 0 Å². The molecule has 1 fully saturated rings. The second-order valence-electron chi connectivity index (χ2n) is 4.72. The van der Waals surface area contributed by atoms with E-state index in [2.05, 4.69) is 21.2 Å². The normalized spacial score (nSPS) is 17.3. The molecule has 1 atom stereocenters. The van der Waals surface area contributed by atoms with Gasteiger partial charge in [0.2, 0.25) is 5.91 Å². The zero-order valence-electron chi connectivity index (χ0n) is 10.5. The van der Waals surface area contributed by atoms with Crippen molar-refractivity contribution in [3.05, 3.63) is 22.7 Å². The van der Waals surface area contributed by atoms with Crippen LogP contribution >= 0.6 is 15.9 Å². The standard InChI is InChI=1S/C13H17BrN2O2S/c14-9-5-6-12(11(15)7-9)19(18)8-13(17)16-10-3-1-2-4-10/h5-7,10H,1-4,8,15H2,(H,16,17). The number of hydrogen-bond acceptors (Lipinski definition) is 3. The Kier molecular flexibility index (Phi) is 4.99. The molecule has 2 rings (SSSR count). The Morgan fingerprint density at radius 2 is 2.11 bits per heavy atom. The Labute approximate surface area is 123 Å². The topological polar surface area (TPSA) is 72.2 Å². The molecule has 0 aliphatic heterocycles. The number of nitrogens with two attached hydrogens (primary N) is 1. The quantitative estimate of drug-likeness (QED) is 0.822. The highest BCUT2D eigenvalue weighted by Crippen LogP contribution is 2.22. The maximum absolute atomic E-state index is 12.1. The highest BCUT2D eigenvalue weighted by atomic mass is 79.9. The number of carbonyl (C=O) groups is 1. The van der Waals surface area contributed by atoms with Crippen molar-refractivity contribution in [2.45, 2.75) is 36.6 Å². The van der Waals surface area contributed by atoms with Gasteiger partial charge in [0.25, 0.3) is 0 Å². The molecule has 3 N–H and O–H groups in total. The average molecular weight is 345 g/mol. The first-order valence-corrected chi connectivity index (χ1v) is 8.40. The third kappa shape index (κ3) is 4.04. The van der Waals surface area contributed by atoms with Gasteiger partial charge in [-0.2, -0.15) is 0 Å². The van der Waals surface area contributed by atoms with Gasteiger partial charge in [-0.1, -0.05) is 28.8 Å². The molecule has 1 aliphatic rings. The van der Waals surface area contributed by atoms with Crippen LogP contribution in [0.15, 0.2) is 27.6 Å². The number of nitrogen functional groups attached to an aromatic ring is 1. The lowest BCUT2D eigenvalue weighted by Gasteiger charge is -2.12. The van der Waals surface area contributed by atoms with Gasteiger partial charge in [-0.15, -0.1) is 0 Å². The van der Waals surface area contributed by atoms with Crippen LogP contribution in [0, 0.1) is 0 Å². The molecule has 1 amide bonds. The lowest BCUT2D eigenvalue weighted by atomic mass is 10.2. The fourth-order valence-electron chi connectivity index (χ4n) is 2.26. The summed E-state index contributed by atoms with van der Waals surface area (Å²) < 4.78 is 13.0. The van der Waals surface area contributed by atoms with Crippen molar-refractivity contribution in [1.82, 2.24) is 5.32 Å². The van der Waals surface area contributed by atoms with Gasteiger partial charge in [-0.05, 0) is 31.0 Å². The molecule has 0 radical (unpaired) electrons. The van der Waals surface area contributed by atoms with Crippen LogP contribution in [0.3, 0.4) is 0 Å². The molecular weight excluding hydrogens is 328 g/mol. The van der Waals surface area contributed by atoms with Crippen LogP contribution in [0.4, 0.5) is 5.69 Å². The Hall–Kier alpha value is -0.880. The minimum Gasteiger partial charge on any atom is -0.398 e. The SMILES string of the molecule is Nc1cc(Br)ccc1S(=O)CC(=O)NC1CCCC1. The van der Waals surface area contributed by atoms with Gasteiger partial charge in [-0.25, -0.2) is 0 Å². The lowest BCUT2D eigenvalue weighted by molar-refractivity contribution is -0.119. The van der Waals surface area contributed by atoms with Crippen LogP contribution in [0.2, 0.25) is 0 Å². The summed E-state index contributed by atoms with van der Waals surface area (Å²) in [6, 6.07) is 5.42. The molecule has 0 saturated heterocycles. The number of nitrogens with one attached hydrogen (secondary N) is 1. The van der Waals surface area contributed by atoms with Crippen LogP contribution in [0.25, 0.3) is 0 Å². The molecule has 1 unspecified atom stereocenters. The van der Waals surface area contributed by atoms with Gasteiger partial charge in [-0.3, -0.25) is 9.00 Å². The first-order valence-electron chi connectivity index (χ1n) is 6.29. The third-order valence-corrected chi connectivity index (χ3v) is 5.08. The van der Waals surface area contributed by atoms with Crippen LogP contribution in [-0.2, 0) is 15.6 Å². The average Bonchev–Trinajstić information content (AvgIpc) is 2.81. The number of rotatable bonds is 4. The second kappa shape index (κ2) is 6.52. The summed E-state index contributed by atoms with van der Waals surface area (Å²) in [4.78, 5) is 12.3. The van der Waals surface area contributed by atoms with Crippen molar-refractivity contribution >= 4 is 38.3 Å². The molecule has 0 aromatic heterocycles. The molecular formula is C13H17BrN2O2S. The van der Waals surface area contributed by atoms with Gasteiger partial charge >= 0.3 is 0 Å². The molecule has 1 aliphatic carbocycles. The number of anilines is 1. The van der Waals surface area contributed by atoms with E-state index in [0.29, 0.717) is 10.6 Å². The van der Waals surface area contributed by atoms with Gasteiger partial charge < -0.3 is 11.1 Å². The Morgan fingerprint density at radius 3 is 2.74 bits per heavy atom. The molecule has 0 heterocycles. The van der Waals surface area contributed by atoms with Gasteiger partial charge in [0.15, 0.2) is 0 Å². The zero-order valence-corrected chi connectivity index (χ0v) is 12.9. The van der Waals surface area contributed by atoms with Crippen LogP contribution in [-0.4, -0.2) is 21.9 Å². The predicted molar refractivity (Wildman–Crippen MR) is 80.2 cm³/mol. The lowest BCUT2D eigenvalue weighted by Crippen LogP contribution is -2.35. The summed E-state index contributed by atoms with van der Waals surface area (Å²) in [6.45, 7) is 0. The second-order valence-corrected chi connectivity index (χ2v) is 7.06. The van der Waals surface area contributed by atoms with Crippen molar-refractivity contribution in [2.75, 3.05) is 11.5 Å². The first kappa shape index (κ1) is 14.5. The minimum absolute atomic E-state index is 0.0255. The molecule has 6 heteroatoms. The monoisotopic (exact) mass is 344 g/mol. The van der Waals surface area contributed by atoms with Gasteiger partial charge in [0.1, 0.15) is 5.75 Å². The fourth-order valence-corrected chi connectivity index (χ4v) is 3.66. The molecule has 104 valence electrons. The molecule has 1 aromatic carbocycles. The Morgan fingerprint density at radius 1 is 1.42 bits per heavy atom. The summed E-state index contributed by atoms with van der Waals surface area (Å²) >= 11 is 3.30. The maximum atomic E-state index is 12.1. The summed E-state index contributed by atoms with van der Waals surface area (Å²) in [6.07, 6.45) is 4.37. The fraction of sp³-hybridized carbons (Fsp3) is 0.462. The molecule has 19 heavy (non-hydrogen) atoms. The number of amides is 1. The van der Waals surface area contributed by atoms with E-state index in [1.165, 1.54) is 0 Å². The number of hydrogen-bond donors (Lipinski definition) is 2. The Bertz CT molecular complexity index is 501. The van der Waals surface area contributed by atoms with Crippen molar-refractivity contribution in [3.8, 4) is 0 Å². The van der Waals surface area contributed by atoms with E-state index in [0.717, 1.165) is 30.2 Å². The van der Waals surface area contributed by atoms with Crippen molar-refractivity contribution in [1.29, 1.82) is 0 Å². The number of halogens is 1. The van der Waals surface area contributed by atoms with E-state index < -0.39 is 10.8 Å². The zero-order chi connectivity index (χ0) is 13.8. The molecule has 0 spiro atoms. The predicted octanol–water partition coefficient (Wildman–Crippen LogP) is 2.20. The number of benzene rings is 1. The summed E-state index contributed by atoms with van der Waals surface area (Å²) in [5.41, 5.74) is 6.25. The summed E-state index contributed by atoms with van der Waals surface area (Å²) in [7, 11) is -1.39. The minimum atomic E-state index is -1.39. The Balaban J connectivity index is 1.94. The van der Waals surface area contributed by atoms with E-state index in [-0.39, 0.29) is 17.7 Å². The van der Waals surface area contributed by atoms with Crippen LogP contribution in [0.1, 0.15) is 25.7 Å². The van der Waals surface area contributed by atoms with Crippen molar-refractivity contribution in [2.24, 2.45) is 0 Å². The smallest absolute Gasteiger partial charge is 0.233 e. The van der Waals surface area contributed by atoms with Crippen LogP contribution in [0.5, 0.6) is 0 Å². The third-order valence-electron chi connectivity index (χ3n) is 3.20. The maximum Gasteiger partial charge on any atom is 0.233 e. The molecule has 1 aromatic rings. The largest absolute Gasteiger partial charge is 0.398 e. The van der Waals surface area contributed by atoms with E-state index in [9.17, 15) is 9.00 Å². The van der Waals surface area contributed by atoms with Gasteiger partial charge in [0, 0.05) is 16.2 Å². The molecule has 1 saturated carbocycles. The van der Waals surface area contributed by atoms with Crippen LogP contribution < -0.4 is 11.1 Å². The van der Waals surface area contributed by atoms with Crippen molar-refractivity contribution < 1.29 is 9.00 Å². The summed E-state index contributed by atoms with van der Waals surface area (Å²) in [5, 5.41) is 2.93. The first-order chi connectivity index (χ1) is 9.06. The van der Waals surface area contributed by atoms with Crippen molar-refractivity contribution in [3.63, 3.8) is 0 Å². The van der Waals surface area contributed by atoms with E-state index >= 15 is 0 Å². The molecule has 4 nitrogen and oxygen atoms in total. The highest BCUT2D eigenvalue weighted by Gasteiger charge is 2.19. The molecule has 0 bridgehead atoms. The van der Waals surface area contributed by atoms with E-state index in [1.54, 1.807) is 18.2 Å². The van der Waals surface area contributed by atoms with E-state index in [4.69, 9.17) is 5.73 Å². The number of carbonyl (C=O) groups excluding carboxylic acids is 1.